The molecule has 0 spiro atoms. The molecule has 0 saturated heterocycles. The molecule has 0 unspecified atom stereocenters. The first-order chi connectivity index (χ1) is 18.6. The molecule has 8 heteroatoms. The monoisotopic (exact) mass is 572 g/mol. The minimum absolute atomic E-state index is 0.175. The van der Waals surface area contributed by atoms with E-state index in [1.807, 2.05) is 24.3 Å². The number of thioether (sulfide) groups is 2. The van der Waals surface area contributed by atoms with Gasteiger partial charge in [0, 0.05) is 39.6 Å². The van der Waals surface area contributed by atoms with Crippen LogP contribution in [0, 0.1) is 0 Å². The molecule has 2 rings (SSSR count). The smallest absolute Gasteiger partial charge is 0.333 e. The lowest BCUT2D eigenvalue weighted by atomic mass is 9.78. The number of hydrogen-bond donors (Lipinski definition) is 0. The van der Waals surface area contributed by atoms with Crippen LogP contribution in [0.5, 0.6) is 11.5 Å². The second-order valence-electron chi connectivity index (χ2n) is 9.43. The van der Waals surface area contributed by atoms with E-state index in [9.17, 15) is 9.59 Å². The molecule has 39 heavy (non-hydrogen) atoms. The maximum atomic E-state index is 11.3. The van der Waals surface area contributed by atoms with Crippen molar-refractivity contribution >= 4 is 35.5 Å². The Kier molecular flexibility index (Phi) is 14.1. The summed E-state index contributed by atoms with van der Waals surface area (Å²) in [4.78, 5) is 22.7. The molecule has 2 aromatic rings. The average molecular weight is 573 g/mol. The van der Waals surface area contributed by atoms with Gasteiger partial charge in [0.25, 0.3) is 0 Å². The minimum Gasteiger partial charge on any atom is -0.493 e. The van der Waals surface area contributed by atoms with Crippen molar-refractivity contribution in [1.29, 1.82) is 0 Å². The molecule has 0 N–H and O–H groups in total. The lowest BCUT2D eigenvalue weighted by Gasteiger charge is -2.26. The Labute approximate surface area is 241 Å². The lowest BCUT2D eigenvalue weighted by molar-refractivity contribution is -0.139. The Morgan fingerprint density at radius 1 is 0.641 bits per heavy atom. The molecule has 6 nitrogen and oxygen atoms in total. The summed E-state index contributed by atoms with van der Waals surface area (Å²) in [5.41, 5.74) is 3.05. The van der Waals surface area contributed by atoms with E-state index in [1.54, 1.807) is 37.4 Å². The fourth-order valence-electron chi connectivity index (χ4n) is 3.38. The third-order valence-electron chi connectivity index (χ3n) is 5.76. The number of carbonyl (C=O) groups excluding carboxylic acids is 2. The summed E-state index contributed by atoms with van der Waals surface area (Å²) in [6.07, 6.45) is 0. The zero-order valence-corrected chi connectivity index (χ0v) is 25.1. The topological polar surface area (TPSA) is 71.1 Å². The SMILES string of the molecule is C=C(C)C(=O)OCCSCCOc1ccc(C(C)(C)c2ccc(OCCSCCOC(=O)C(=C)C)cc2)cc1. The molecule has 0 saturated carbocycles. The van der Waals surface area contributed by atoms with Crippen LogP contribution < -0.4 is 9.47 Å². The van der Waals surface area contributed by atoms with Crippen LogP contribution in [-0.2, 0) is 24.5 Å². The maximum Gasteiger partial charge on any atom is 0.333 e. The number of hydrogen-bond acceptors (Lipinski definition) is 8. The van der Waals surface area contributed by atoms with E-state index in [4.69, 9.17) is 18.9 Å². The van der Waals surface area contributed by atoms with Crippen LogP contribution in [0.25, 0.3) is 0 Å². The molecule has 212 valence electrons. The zero-order valence-electron chi connectivity index (χ0n) is 23.5. The molecule has 0 fully saturated rings. The van der Waals surface area contributed by atoms with E-state index in [0.29, 0.717) is 37.6 Å². The van der Waals surface area contributed by atoms with Crippen molar-refractivity contribution in [1.82, 2.24) is 0 Å². The molecule has 0 heterocycles. The van der Waals surface area contributed by atoms with Crippen molar-refractivity contribution in [2.45, 2.75) is 33.1 Å². The van der Waals surface area contributed by atoms with Crippen LogP contribution in [0.4, 0.5) is 0 Å². The summed E-state index contributed by atoms with van der Waals surface area (Å²) in [6.45, 7) is 16.7. The second-order valence-corrected chi connectivity index (χ2v) is 11.9. The molecular formula is C31H40O6S2. The van der Waals surface area contributed by atoms with Gasteiger partial charge >= 0.3 is 11.9 Å². The van der Waals surface area contributed by atoms with Crippen molar-refractivity contribution in [3.05, 3.63) is 84.0 Å². The fourth-order valence-corrected chi connectivity index (χ4v) is 4.59. The number of carbonyl (C=O) groups is 2. The zero-order chi connectivity index (χ0) is 28.7. The van der Waals surface area contributed by atoms with Crippen LogP contribution in [0.1, 0.15) is 38.8 Å². The van der Waals surface area contributed by atoms with Gasteiger partial charge in [-0.2, -0.15) is 23.5 Å². The fraction of sp³-hybridized carbons (Fsp3) is 0.419. The van der Waals surface area contributed by atoms with Crippen molar-refractivity contribution in [2.24, 2.45) is 0 Å². The molecule has 0 amide bonds. The Balaban J connectivity index is 1.70. The van der Waals surface area contributed by atoms with Gasteiger partial charge in [-0.1, -0.05) is 51.3 Å². The van der Waals surface area contributed by atoms with Crippen molar-refractivity contribution in [3.63, 3.8) is 0 Å². The Hall–Kier alpha value is -2.84. The van der Waals surface area contributed by atoms with Crippen LogP contribution in [-0.4, -0.2) is 61.4 Å². The Morgan fingerprint density at radius 3 is 1.31 bits per heavy atom. The highest BCUT2D eigenvalue weighted by atomic mass is 32.2. The predicted octanol–water partition coefficient (Wildman–Crippen LogP) is 6.48. The molecule has 0 radical (unpaired) electrons. The molecule has 0 aliphatic rings. The highest BCUT2D eigenvalue weighted by molar-refractivity contribution is 7.99. The average Bonchev–Trinajstić information content (AvgIpc) is 2.92. The maximum absolute atomic E-state index is 11.3. The van der Waals surface area contributed by atoms with Gasteiger partial charge in [-0.3, -0.25) is 0 Å². The normalized spacial score (nSPS) is 11.0. The summed E-state index contributed by atoms with van der Waals surface area (Å²) >= 11 is 3.36. The first-order valence-electron chi connectivity index (χ1n) is 12.9. The summed E-state index contributed by atoms with van der Waals surface area (Å²) < 4.78 is 21.9. The summed E-state index contributed by atoms with van der Waals surface area (Å²) in [7, 11) is 0. The quantitative estimate of drug-likeness (QED) is 0.114. The van der Waals surface area contributed by atoms with Gasteiger partial charge in [-0.15, -0.1) is 0 Å². The number of benzene rings is 2. The number of esters is 2. The minimum atomic E-state index is -0.345. The summed E-state index contributed by atoms with van der Waals surface area (Å²) in [5.74, 6) is 4.06. The third-order valence-corrected chi connectivity index (χ3v) is 7.58. The van der Waals surface area contributed by atoms with Crippen LogP contribution >= 0.6 is 23.5 Å². The second kappa shape index (κ2) is 17.0. The molecular weight excluding hydrogens is 532 g/mol. The van der Waals surface area contributed by atoms with E-state index in [1.165, 1.54) is 11.1 Å². The van der Waals surface area contributed by atoms with Crippen LogP contribution in [0.3, 0.4) is 0 Å². The van der Waals surface area contributed by atoms with Gasteiger partial charge < -0.3 is 18.9 Å². The number of ether oxygens (including phenoxy) is 4. The van der Waals surface area contributed by atoms with Gasteiger partial charge in [-0.05, 0) is 49.2 Å². The number of rotatable bonds is 18. The standard InChI is InChI=1S/C31H40O6S2/c1-23(2)29(32)36-17-21-38-19-15-34-27-11-7-25(8-12-27)31(5,6)26-9-13-28(14-10-26)35-16-20-39-22-18-37-30(33)24(3)4/h7-14H,1,3,15-22H2,2,4-6H3. The predicted molar refractivity (Wildman–Crippen MR) is 162 cm³/mol. The third kappa shape index (κ3) is 11.8. The van der Waals surface area contributed by atoms with E-state index in [2.05, 4.69) is 51.3 Å². The van der Waals surface area contributed by atoms with Crippen molar-refractivity contribution in [2.75, 3.05) is 49.4 Å². The molecule has 0 aliphatic heterocycles. The molecule has 0 bridgehead atoms. The van der Waals surface area contributed by atoms with E-state index in [-0.39, 0.29) is 17.4 Å². The van der Waals surface area contributed by atoms with E-state index >= 15 is 0 Å². The molecule has 2 aromatic carbocycles. The first-order valence-corrected chi connectivity index (χ1v) is 15.2. The molecule has 0 atom stereocenters. The van der Waals surface area contributed by atoms with Gasteiger partial charge in [0.15, 0.2) is 0 Å². The Bertz CT molecular complexity index is 992. The van der Waals surface area contributed by atoms with Gasteiger partial charge in [0.1, 0.15) is 24.7 Å². The first kappa shape index (κ1) is 32.4. The van der Waals surface area contributed by atoms with E-state index in [0.717, 1.165) is 34.5 Å². The van der Waals surface area contributed by atoms with Crippen molar-refractivity contribution < 1.29 is 28.5 Å². The van der Waals surface area contributed by atoms with Crippen molar-refractivity contribution in [3.8, 4) is 11.5 Å². The van der Waals surface area contributed by atoms with Gasteiger partial charge in [0.05, 0.1) is 13.2 Å². The van der Waals surface area contributed by atoms with Crippen LogP contribution in [0.2, 0.25) is 0 Å². The van der Waals surface area contributed by atoms with Crippen LogP contribution in [0.15, 0.2) is 72.8 Å². The van der Waals surface area contributed by atoms with Gasteiger partial charge in [-0.25, -0.2) is 9.59 Å². The lowest BCUT2D eigenvalue weighted by Crippen LogP contribution is -2.18. The van der Waals surface area contributed by atoms with Gasteiger partial charge in [0.2, 0.25) is 0 Å². The summed E-state index contributed by atoms with van der Waals surface area (Å²) in [6, 6.07) is 16.4. The largest absolute Gasteiger partial charge is 0.493 e. The summed E-state index contributed by atoms with van der Waals surface area (Å²) in [5, 5.41) is 0. The highest BCUT2D eigenvalue weighted by Gasteiger charge is 2.23. The highest BCUT2D eigenvalue weighted by Crippen LogP contribution is 2.33. The molecule has 0 aliphatic carbocycles. The molecule has 0 aromatic heterocycles. The Morgan fingerprint density at radius 2 is 0.974 bits per heavy atom. The van der Waals surface area contributed by atoms with E-state index < -0.39 is 0 Å².